The molecule has 1 aliphatic rings. The van der Waals surface area contributed by atoms with E-state index in [9.17, 15) is 18.4 Å². The monoisotopic (exact) mass is 404 g/mol. The normalized spacial score (nSPS) is 17.3. The van der Waals surface area contributed by atoms with Crippen LogP contribution in [0.15, 0.2) is 27.8 Å². The average Bonchev–Trinajstić information content (AvgIpc) is 3.07. The van der Waals surface area contributed by atoms with Crippen LogP contribution in [0.1, 0.15) is 18.4 Å². The van der Waals surface area contributed by atoms with E-state index >= 15 is 0 Å². The van der Waals surface area contributed by atoms with E-state index in [0.717, 1.165) is 35.6 Å². The van der Waals surface area contributed by atoms with Crippen molar-refractivity contribution < 1.29 is 8.78 Å². The molecule has 2 aromatic heterocycles. The van der Waals surface area contributed by atoms with Gasteiger partial charge in [0.25, 0.3) is 5.56 Å². The average molecular weight is 404 g/mol. The lowest BCUT2D eigenvalue weighted by Crippen LogP contribution is -2.44. The van der Waals surface area contributed by atoms with E-state index in [0.29, 0.717) is 19.0 Å². The maximum Gasteiger partial charge on any atom is 0.332 e. The molecule has 29 heavy (non-hydrogen) atoms. The van der Waals surface area contributed by atoms with E-state index in [-0.39, 0.29) is 29.3 Å². The second-order valence-corrected chi connectivity index (χ2v) is 7.46. The van der Waals surface area contributed by atoms with Crippen molar-refractivity contribution in [3.05, 3.63) is 56.2 Å². The number of rotatable bonds is 3. The van der Waals surface area contributed by atoms with Crippen molar-refractivity contribution in [3.8, 4) is 0 Å². The SMILES string of the molecule is Cn1c(=O)c2c(nc(N3CCCC(N)C3)n2Cc2cc(F)ccc2F)n(C)c1=O. The van der Waals surface area contributed by atoms with E-state index in [2.05, 4.69) is 4.98 Å². The van der Waals surface area contributed by atoms with Crippen LogP contribution in [-0.2, 0) is 20.6 Å². The summed E-state index contributed by atoms with van der Waals surface area (Å²) in [5.41, 5.74) is 5.50. The summed E-state index contributed by atoms with van der Waals surface area (Å²) in [6.07, 6.45) is 1.71. The molecule has 10 heteroatoms. The Labute approximate surface area is 164 Å². The molecule has 3 aromatic rings. The summed E-state index contributed by atoms with van der Waals surface area (Å²) in [6.45, 7) is 1.08. The van der Waals surface area contributed by atoms with Crippen molar-refractivity contribution in [1.29, 1.82) is 0 Å². The van der Waals surface area contributed by atoms with E-state index in [1.54, 1.807) is 4.57 Å². The van der Waals surface area contributed by atoms with Crippen LogP contribution >= 0.6 is 0 Å². The van der Waals surface area contributed by atoms with Gasteiger partial charge in [-0.3, -0.25) is 18.5 Å². The largest absolute Gasteiger partial charge is 0.341 e. The standard InChI is InChI=1S/C19H22F2N6O2/c1-24-16-15(17(28)25(2)19(24)29)27(9-11-8-12(20)5-6-14(11)21)18(23-16)26-7-3-4-13(22)10-26/h5-6,8,13H,3-4,7,9-10,22H2,1-2H3. The third-order valence-electron chi connectivity index (χ3n) is 5.40. The topological polar surface area (TPSA) is 91.1 Å². The highest BCUT2D eigenvalue weighted by molar-refractivity contribution is 5.75. The van der Waals surface area contributed by atoms with Crippen LogP contribution in [0, 0.1) is 11.6 Å². The van der Waals surface area contributed by atoms with Gasteiger partial charge >= 0.3 is 5.69 Å². The fourth-order valence-electron chi connectivity index (χ4n) is 3.85. The molecule has 0 amide bonds. The van der Waals surface area contributed by atoms with Crippen LogP contribution in [0.3, 0.4) is 0 Å². The molecule has 2 N–H and O–H groups in total. The molecule has 1 saturated heterocycles. The zero-order chi connectivity index (χ0) is 20.9. The van der Waals surface area contributed by atoms with Crippen LogP contribution < -0.4 is 21.9 Å². The molecule has 8 nitrogen and oxygen atoms in total. The first-order valence-electron chi connectivity index (χ1n) is 9.38. The van der Waals surface area contributed by atoms with Gasteiger partial charge in [0, 0.05) is 38.8 Å². The molecular weight excluding hydrogens is 382 g/mol. The molecule has 0 saturated carbocycles. The maximum atomic E-state index is 14.3. The number of aryl methyl sites for hydroxylation is 1. The van der Waals surface area contributed by atoms with E-state index < -0.39 is 22.9 Å². The number of aromatic nitrogens is 4. The molecule has 1 atom stereocenters. The number of anilines is 1. The second kappa shape index (κ2) is 7.11. The predicted octanol–water partition coefficient (Wildman–Crippen LogP) is 0.688. The lowest BCUT2D eigenvalue weighted by atomic mass is 10.1. The Kier molecular flexibility index (Phi) is 4.73. The Morgan fingerprint density at radius 1 is 1.21 bits per heavy atom. The number of nitrogens with two attached hydrogens (primary N) is 1. The first kappa shape index (κ1) is 19.3. The van der Waals surface area contributed by atoms with Crippen molar-refractivity contribution in [2.24, 2.45) is 19.8 Å². The van der Waals surface area contributed by atoms with Gasteiger partial charge in [0.15, 0.2) is 11.2 Å². The van der Waals surface area contributed by atoms with Crippen LogP contribution in [0.4, 0.5) is 14.7 Å². The number of hydrogen-bond donors (Lipinski definition) is 1. The van der Waals surface area contributed by atoms with Gasteiger partial charge in [-0.1, -0.05) is 0 Å². The Morgan fingerprint density at radius 3 is 2.69 bits per heavy atom. The summed E-state index contributed by atoms with van der Waals surface area (Å²) in [5, 5.41) is 0. The summed E-state index contributed by atoms with van der Waals surface area (Å²) in [5.74, 6) is -0.749. The Balaban J connectivity index is 1.98. The second-order valence-electron chi connectivity index (χ2n) is 7.46. The molecule has 0 bridgehead atoms. The number of hydrogen-bond acceptors (Lipinski definition) is 5. The Bertz CT molecular complexity index is 1210. The highest BCUT2D eigenvalue weighted by Gasteiger charge is 2.26. The molecule has 0 spiro atoms. The number of piperidine rings is 1. The molecule has 3 heterocycles. The molecule has 1 aliphatic heterocycles. The number of nitrogens with zero attached hydrogens (tertiary/aromatic N) is 5. The number of fused-ring (bicyclic) bond motifs is 1. The maximum absolute atomic E-state index is 14.3. The van der Waals surface area contributed by atoms with Gasteiger partial charge in [0.2, 0.25) is 5.95 Å². The molecular formula is C19H22F2N6O2. The van der Waals surface area contributed by atoms with Gasteiger partial charge in [-0.2, -0.15) is 4.98 Å². The van der Waals surface area contributed by atoms with Crippen LogP contribution in [0.5, 0.6) is 0 Å². The summed E-state index contributed by atoms with van der Waals surface area (Å²) in [7, 11) is 2.90. The predicted molar refractivity (Wildman–Crippen MR) is 105 cm³/mol. The van der Waals surface area contributed by atoms with Gasteiger partial charge in [-0.15, -0.1) is 0 Å². The minimum atomic E-state index is -0.587. The zero-order valence-corrected chi connectivity index (χ0v) is 16.2. The van der Waals surface area contributed by atoms with E-state index in [4.69, 9.17) is 5.73 Å². The summed E-state index contributed by atoms with van der Waals surface area (Å²) >= 11 is 0. The van der Waals surface area contributed by atoms with Crippen molar-refractivity contribution >= 4 is 17.1 Å². The summed E-state index contributed by atoms with van der Waals surface area (Å²) in [6, 6.07) is 3.13. The lowest BCUT2D eigenvalue weighted by Gasteiger charge is -2.31. The number of imidazole rings is 1. The summed E-state index contributed by atoms with van der Waals surface area (Å²) in [4.78, 5) is 31.7. The van der Waals surface area contributed by atoms with Crippen LogP contribution in [0.25, 0.3) is 11.2 Å². The zero-order valence-electron chi connectivity index (χ0n) is 16.2. The smallest absolute Gasteiger partial charge is 0.332 e. The molecule has 4 rings (SSSR count). The van der Waals surface area contributed by atoms with Gasteiger partial charge in [-0.05, 0) is 31.0 Å². The first-order chi connectivity index (χ1) is 13.8. The highest BCUT2D eigenvalue weighted by atomic mass is 19.1. The third kappa shape index (κ3) is 3.23. The molecule has 1 fully saturated rings. The molecule has 0 radical (unpaired) electrons. The molecule has 0 aliphatic carbocycles. The third-order valence-corrected chi connectivity index (χ3v) is 5.40. The molecule has 154 valence electrons. The minimum Gasteiger partial charge on any atom is -0.341 e. The van der Waals surface area contributed by atoms with Crippen LogP contribution in [0.2, 0.25) is 0 Å². The molecule has 1 aromatic carbocycles. The number of benzene rings is 1. The van der Waals surface area contributed by atoms with Crippen molar-refractivity contribution in [2.75, 3.05) is 18.0 Å². The Morgan fingerprint density at radius 2 is 1.97 bits per heavy atom. The van der Waals surface area contributed by atoms with Gasteiger partial charge in [0.05, 0.1) is 6.54 Å². The van der Waals surface area contributed by atoms with Gasteiger partial charge in [-0.25, -0.2) is 13.6 Å². The Hall–Kier alpha value is -3.01. The van der Waals surface area contributed by atoms with E-state index in [1.807, 2.05) is 4.90 Å². The van der Waals surface area contributed by atoms with E-state index in [1.165, 1.54) is 18.7 Å². The first-order valence-corrected chi connectivity index (χ1v) is 9.38. The summed E-state index contributed by atoms with van der Waals surface area (Å²) < 4.78 is 31.9. The lowest BCUT2D eigenvalue weighted by molar-refractivity contribution is 0.494. The fourth-order valence-corrected chi connectivity index (χ4v) is 3.85. The van der Waals surface area contributed by atoms with Gasteiger partial charge < -0.3 is 10.6 Å². The highest BCUT2D eigenvalue weighted by Crippen LogP contribution is 2.25. The van der Waals surface area contributed by atoms with Gasteiger partial charge in [0.1, 0.15) is 11.6 Å². The fraction of sp³-hybridized carbons (Fsp3) is 0.421. The van der Waals surface area contributed by atoms with Crippen molar-refractivity contribution in [3.63, 3.8) is 0 Å². The number of halogens is 2. The quantitative estimate of drug-likeness (QED) is 0.694. The minimum absolute atomic E-state index is 0.0606. The van der Waals surface area contributed by atoms with Crippen molar-refractivity contribution in [2.45, 2.75) is 25.4 Å². The molecule has 1 unspecified atom stereocenters. The van der Waals surface area contributed by atoms with Crippen molar-refractivity contribution in [1.82, 2.24) is 18.7 Å². The van der Waals surface area contributed by atoms with Crippen LogP contribution in [-0.4, -0.2) is 37.8 Å².